The van der Waals surface area contributed by atoms with Crippen LogP contribution in [0.4, 0.5) is 0 Å². The molecule has 0 radical (unpaired) electrons. The van der Waals surface area contributed by atoms with Gasteiger partial charge >= 0.3 is 0 Å². The molecule has 0 heterocycles. The van der Waals surface area contributed by atoms with Gasteiger partial charge in [-0.2, -0.15) is 0 Å². The lowest BCUT2D eigenvalue weighted by atomic mass is 10.1. The van der Waals surface area contributed by atoms with E-state index in [9.17, 15) is 8.42 Å². The number of benzene rings is 2. The van der Waals surface area contributed by atoms with Crippen molar-refractivity contribution >= 4 is 27.4 Å². The van der Waals surface area contributed by atoms with Crippen LogP contribution in [0.1, 0.15) is 18.1 Å². The Labute approximate surface area is 171 Å². The number of guanidine groups is 1. The highest BCUT2D eigenvalue weighted by atomic mass is 35.5. The number of aliphatic imine (C=N–C) groups is 1. The molecule has 0 aliphatic rings. The Balaban J connectivity index is 1.92. The summed E-state index contributed by atoms with van der Waals surface area (Å²) < 4.78 is 29.1. The second kappa shape index (κ2) is 10.3. The summed E-state index contributed by atoms with van der Waals surface area (Å²) >= 11 is 5.94. The van der Waals surface area contributed by atoms with Gasteiger partial charge in [-0.3, -0.25) is 0 Å². The number of ether oxygens (including phenoxy) is 1. The highest BCUT2D eigenvalue weighted by molar-refractivity contribution is 7.90. The Bertz CT molecular complexity index is 930. The van der Waals surface area contributed by atoms with Crippen LogP contribution in [0, 0.1) is 6.92 Å². The summed E-state index contributed by atoms with van der Waals surface area (Å²) in [5.41, 5.74) is 1.67. The van der Waals surface area contributed by atoms with Crippen LogP contribution in [-0.2, 0) is 16.4 Å². The van der Waals surface area contributed by atoms with E-state index in [-0.39, 0.29) is 0 Å². The predicted molar refractivity (Wildman–Crippen MR) is 114 cm³/mol. The number of rotatable bonds is 8. The lowest BCUT2D eigenvalue weighted by Crippen LogP contribution is -2.39. The zero-order chi connectivity index (χ0) is 20.6. The van der Waals surface area contributed by atoms with E-state index in [0.717, 1.165) is 23.4 Å². The molecule has 0 amide bonds. The van der Waals surface area contributed by atoms with E-state index in [1.54, 1.807) is 31.2 Å². The Morgan fingerprint density at radius 1 is 1.18 bits per heavy atom. The van der Waals surface area contributed by atoms with Crippen molar-refractivity contribution in [2.45, 2.75) is 25.3 Å². The molecule has 2 aromatic carbocycles. The fourth-order valence-electron chi connectivity index (χ4n) is 2.63. The van der Waals surface area contributed by atoms with E-state index >= 15 is 0 Å². The van der Waals surface area contributed by atoms with E-state index in [2.05, 4.69) is 15.6 Å². The first-order chi connectivity index (χ1) is 13.3. The number of aryl methyl sites for hydroxylation is 1. The van der Waals surface area contributed by atoms with Gasteiger partial charge in [0.2, 0.25) is 0 Å². The minimum atomic E-state index is -3.21. The first kappa shape index (κ1) is 22.0. The summed E-state index contributed by atoms with van der Waals surface area (Å²) in [6, 6.07) is 12.5. The predicted octanol–water partition coefficient (Wildman–Crippen LogP) is 3.19. The van der Waals surface area contributed by atoms with Gasteiger partial charge < -0.3 is 15.4 Å². The third kappa shape index (κ3) is 7.05. The van der Waals surface area contributed by atoms with Gasteiger partial charge in [0.25, 0.3) is 0 Å². The van der Waals surface area contributed by atoms with E-state index in [1.165, 1.54) is 6.26 Å². The van der Waals surface area contributed by atoms with Crippen LogP contribution in [0.15, 0.2) is 52.4 Å². The molecular weight excluding hydrogens is 398 g/mol. The Kier molecular flexibility index (Phi) is 8.14. The van der Waals surface area contributed by atoms with Gasteiger partial charge in [-0.25, -0.2) is 13.4 Å². The fraction of sp³-hybridized carbons (Fsp3) is 0.350. The van der Waals surface area contributed by atoms with Crippen LogP contribution >= 0.6 is 11.6 Å². The first-order valence-corrected chi connectivity index (χ1v) is 11.3. The van der Waals surface area contributed by atoms with Crippen LogP contribution in [0.25, 0.3) is 0 Å². The van der Waals surface area contributed by atoms with E-state index in [1.807, 2.05) is 25.1 Å². The second-order valence-electron chi connectivity index (χ2n) is 6.30. The molecule has 0 aliphatic heterocycles. The average Bonchev–Trinajstić information content (AvgIpc) is 2.62. The summed E-state index contributed by atoms with van der Waals surface area (Å²) in [6.07, 6.45) is 1.21. The summed E-state index contributed by atoms with van der Waals surface area (Å²) in [4.78, 5) is 4.89. The van der Waals surface area contributed by atoms with Crippen molar-refractivity contribution < 1.29 is 13.2 Å². The number of hydrogen-bond acceptors (Lipinski definition) is 4. The molecule has 6 nitrogen and oxygen atoms in total. The molecule has 2 N–H and O–H groups in total. The summed E-state index contributed by atoms with van der Waals surface area (Å²) in [5.74, 6) is 1.39. The zero-order valence-corrected chi connectivity index (χ0v) is 17.9. The Hall–Kier alpha value is -2.25. The van der Waals surface area contributed by atoms with Gasteiger partial charge in [0.15, 0.2) is 15.8 Å². The van der Waals surface area contributed by atoms with E-state index in [4.69, 9.17) is 16.3 Å². The Morgan fingerprint density at radius 2 is 1.96 bits per heavy atom. The summed E-state index contributed by atoms with van der Waals surface area (Å²) in [7, 11) is -3.21. The molecule has 28 heavy (non-hydrogen) atoms. The highest BCUT2D eigenvalue weighted by Crippen LogP contribution is 2.17. The molecule has 8 heteroatoms. The molecule has 0 saturated heterocycles. The van der Waals surface area contributed by atoms with Crippen molar-refractivity contribution in [3.8, 4) is 5.75 Å². The smallest absolute Gasteiger partial charge is 0.191 e. The Morgan fingerprint density at radius 3 is 2.61 bits per heavy atom. The second-order valence-corrected chi connectivity index (χ2v) is 8.72. The quantitative estimate of drug-likeness (QED) is 0.387. The number of nitrogens with one attached hydrogen (secondary N) is 2. The highest BCUT2D eigenvalue weighted by Gasteiger charge is 2.10. The number of hydrogen-bond donors (Lipinski definition) is 2. The fourth-order valence-corrected chi connectivity index (χ4v) is 3.77. The van der Waals surface area contributed by atoms with E-state index in [0.29, 0.717) is 35.6 Å². The van der Waals surface area contributed by atoms with Crippen molar-refractivity contribution in [3.05, 3.63) is 58.6 Å². The third-order valence-electron chi connectivity index (χ3n) is 3.86. The minimum Gasteiger partial charge on any atom is -0.492 e. The van der Waals surface area contributed by atoms with Gasteiger partial charge in [-0.1, -0.05) is 29.8 Å². The normalized spacial score (nSPS) is 11.9. The molecule has 152 valence electrons. The zero-order valence-electron chi connectivity index (χ0n) is 16.3. The number of nitrogens with zero attached hydrogens (tertiary/aromatic N) is 1. The first-order valence-electron chi connectivity index (χ1n) is 8.99. The van der Waals surface area contributed by atoms with Crippen molar-refractivity contribution in [1.82, 2.24) is 10.6 Å². The molecule has 0 aliphatic carbocycles. The van der Waals surface area contributed by atoms with Crippen LogP contribution in [0.2, 0.25) is 5.02 Å². The van der Waals surface area contributed by atoms with Crippen LogP contribution in [0.5, 0.6) is 5.75 Å². The number of sulfone groups is 1. The SMILES string of the molecule is CCNC(=NCc1ccc(S(C)(=O)=O)c(C)c1)NCCOc1cccc(Cl)c1. The summed E-state index contributed by atoms with van der Waals surface area (Å²) in [6.45, 7) is 5.99. The maximum atomic E-state index is 11.7. The van der Waals surface area contributed by atoms with Crippen molar-refractivity contribution in [2.75, 3.05) is 26.0 Å². The molecule has 0 bridgehead atoms. The molecule has 0 unspecified atom stereocenters. The molecule has 0 atom stereocenters. The molecule has 2 aromatic rings. The molecule has 0 saturated carbocycles. The molecule has 0 aromatic heterocycles. The van der Waals surface area contributed by atoms with Crippen LogP contribution in [-0.4, -0.2) is 40.3 Å². The maximum Gasteiger partial charge on any atom is 0.191 e. The van der Waals surface area contributed by atoms with Crippen molar-refractivity contribution in [2.24, 2.45) is 4.99 Å². The van der Waals surface area contributed by atoms with Gasteiger partial charge in [0.05, 0.1) is 18.0 Å². The molecule has 0 spiro atoms. The summed E-state index contributed by atoms with van der Waals surface area (Å²) in [5, 5.41) is 7.02. The van der Waals surface area contributed by atoms with Gasteiger partial charge in [-0.05, 0) is 49.2 Å². The van der Waals surface area contributed by atoms with Crippen LogP contribution < -0.4 is 15.4 Å². The third-order valence-corrected chi connectivity index (χ3v) is 5.35. The molecule has 0 fully saturated rings. The lowest BCUT2D eigenvalue weighted by Gasteiger charge is -2.12. The topological polar surface area (TPSA) is 79.8 Å². The largest absolute Gasteiger partial charge is 0.492 e. The average molecular weight is 424 g/mol. The molecule has 2 rings (SSSR count). The van der Waals surface area contributed by atoms with Crippen molar-refractivity contribution in [1.29, 1.82) is 0 Å². The lowest BCUT2D eigenvalue weighted by molar-refractivity contribution is 0.322. The standard InChI is InChI=1S/C20H26ClN3O3S/c1-4-22-20(23-10-11-27-18-7-5-6-17(21)13-18)24-14-16-8-9-19(15(2)12-16)28(3,25)26/h5-9,12-13H,4,10-11,14H2,1-3H3,(H2,22,23,24). The van der Waals surface area contributed by atoms with Crippen molar-refractivity contribution in [3.63, 3.8) is 0 Å². The van der Waals surface area contributed by atoms with Gasteiger partial charge in [0.1, 0.15) is 12.4 Å². The maximum absolute atomic E-state index is 11.7. The number of halogens is 1. The monoisotopic (exact) mass is 423 g/mol. The van der Waals surface area contributed by atoms with Crippen LogP contribution in [0.3, 0.4) is 0 Å². The minimum absolute atomic E-state index is 0.350. The molecular formula is C20H26ClN3O3S. The van der Waals surface area contributed by atoms with Gasteiger partial charge in [-0.15, -0.1) is 0 Å². The van der Waals surface area contributed by atoms with E-state index < -0.39 is 9.84 Å². The van der Waals surface area contributed by atoms with Gasteiger partial charge in [0, 0.05) is 17.8 Å².